The van der Waals surface area contributed by atoms with Gasteiger partial charge in [0.2, 0.25) is 5.69 Å². The van der Waals surface area contributed by atoms with Crippen molar-refractivity contribution < 1.29 is 9.53 Å². The topological polar surface area (TPSA) is 57.0 Å². The summed E-state index contributed by atoms with van der Waals surface area (Å²) in [6.45, 7) is 0.586. The molecule has 0 amide bonds. The number of hydrogen-bond acceptors (Lipinski definition) is 4. The molecule has 2 aromatic rings. The van der Waals surface area contributed by atoms with E-state index in [1.54, 1.807) is 4.68 Å². The van der Waals surface area contributed by atoms with Crippen molar-refractivity contribution in [2.75, 3.05) is 7.11 Å². The monoisotopic (exact) mass is 343 g/mol. The molecule has 5 nitrogen and oxygen atoms in total. The van der Waals surface area contributed by atoms with Crippen LogP contribution in [0.2, 0.25) is 0 Å². The highest BCUT2D eigenvalue weighted by molar-refractivity contribution is 14.1. The first-order valence-corrected chi connectivity index (χ1v) is 6.01. The Morgan fingerprint density at radius 1 is 1.41 bits per heavy atom. The second kappa shape index (κ2) is 5.26. The van der Waals surface area contributed by atoms with E-state index in [1.165, 1.54) is 7.11 Å². The molecule has 0 aliphatic heterocycles. The van der Waals surface area contributed by atoms with Crippen LogP contribution >= 0.6 is 22.6 Å². The maximum Gasteiger partial charge on any atom is 0.361 e. The minimum Gasteiger partial charge on any atom is -0.464 e. The second-order valence-corrected chi connectivity index (χ2v) is 4.39. The fraction of sp³-hybridized carbons (Fsp3) is 0.182. The lowest BCUT2D eigenvalue weighted by Gasteiger charge is -2.02. The molecule has 6 heteroatoms. The van der Waals surface area contributed by atoms with Crippen LogP contribution in [0.15, 0.2) is 30.3 Å². The van der Waals surface area contributed by atoms with Gasteiger partial charge in [0.1, 0.15) is 3.70 Å². The van der Waals surface area contributed by atoms with E-state index in [2.05, 4.69) is 15.0 Å². The molecule has 88 valence electrons. The van der Waals surface area contributed by atoms with Crippen molar-refractivity contribution in [1.29, 1.82) is 0 Å². The van der Waals surface area contributed by atoms with Crippen LogP contribution in [0.4, 0.5) is 0 Å². The first kappa shape index (κ1) is 12.0. The average Bonchev–Trinajstić information content (AvgIpc) is 2.72. The van der Waals surface area contributed by atoms with Crippen LogP contribution in [0, 0.1) is 3.70 Å². The number of ether oxygens (including phenoxy) is 1. The Balaban J connectivity index is 2.24. The molecular formula is C11H10IN3O2. The summed E-state index contributed by atoms with van der Waals surface area (Å²) in [7, 11) is 1.33. The Bertz CT molecular complexity index is 525. The quantitative estimate of drug-likeness (QED) is 0.629. The Morgan fingerprint density at radius 3 is 2.76 bits per heavy atom. The molecule has 1 aromatic heterocycles. The summed E-state index contributed by atoms with van der Waals surface area (Å²) >= 11 is 2.04. The molecule has 0 saturated heterocycles. The van der Waals surface area contributed by atoms with E-state index in [9.17, 15) is 4.79 Å². The number of rotatable bonds is 3. The average molecular weight is 343 g/mol. The third kappa shape index (κ3) is 2.63. The van der Waals surface area contributed by atoms with Crippen molar-refractivity contribution in [3.05, 3.63) is 45.3 Å². The number of carbonyl (C=O) groups is 1. The van der Waals surface area contributed by atoms with Crippen LogP contribution in [0.3, 0.4) is 0 Å². The summed E-state index contributed by atoms with van der Waals surface area (Å²) in [6, 6.07) is 9.86. The number of halogens is 1. The number of methoxy groups -OCH3 is 1. The minimum atomic E-state index is -0.464. The fourth-order valence-electron chi connectivity index (χ4n) is 1.38. The Labute approximate surface area is 112 Å². The van der Waals surface area contributed by atoms with E-state index in [1.807, 2.05) is 52.9 Å². The number of esters is 1. The predicted octanol–water partition coefficient (Wildman–Crippen LogP) is 1.72. The molecule has 0 atom stereocenters. The highest BCUT2D eigenvalue weighted by Gasteiger charge is 2.17. The molecular weight excluding hydrogens is 333 g/mol. The van der Waals surface area contributed by atoms with Crippen molar-refractivity contribution >= 4 is 28.6 Å². The highest BCUT2D eigenvalue weighted by Crippen LogP contribution is 2.12. The molecule has 0 aliphatic carbocycles. The molecule has 0 radical (unpaired) electrons. The molecule has 1 aromatic carbocycles. The number of aromatic nitrogens is 3. The zero-order valence-electron chi connectivity index (χ0n) is 9.13. The summed E-state index contributed by atoms with van der Waals surface area (Å²) in [5, 5.41) is 7.75. The largest absolute Gasteiger partial charge is 0.464 e. The highest BCUT2D eigenvalue weighted by atomic mass is 127. The van der Waals surface area contributed by atoms with Gasteiger partial charge in [0, 0.05) is 0 Å². The summed E-state index contributed by atoms with van der Waals surface area (Å²) in [4.78, 5) is 11.4. The van der Waals surface area contributed by atoms with Gasteiger partial charge in [-0.2, -0.15) is 0 Å². The van der Waals surface area contributed by atoms with Gasteiger partial charge < -0.3 is 4.74 Å². The van der Waals surface area contributed by atoms with Crippen molar-refractivity contribution in [1.82, 2.24) is 15.0 Å². The molecule has 17 heavy (non-hydrogen) atoms. The van der Waals surface area contributed by atoms with E-state index in [-0.39, 0.29) is 5.69 Å². The number of nitrogens with zero attached hydrogens (tertiary/aromatic N) is 3. The third-order valence-electron chi connectivity index (χ3n) is 2.23. The van der Waals surface area contributed by atoms with E-state index in [4.69, 9.17) is 0 Å². The van der Waals surface area contributed by atoms with Crippen molar-refractivity contribution in [3.63, 3.8) is 0 Å². The van der Waals surface area contributed by atoms with Crippen molar-refractivity contribution in [2.24, 2.45) is 0 Å². The van der Waals surface area contributed by atoms with Crippen LogP contribution in [0.5, 0.6) is 0 Å². The Morgan fingerprint density at radius 2 is 2.12 bits per heavy atom. The minimum absolute atomic E-state index is 0.254. The maximum absolute atomic E-state index is 11.4. The van der Waals surface area contributed by atoms with Crippen molar-refractivity contribution in [3.8, 4) is 0 Å². The normalized spacial score (nSPS) is 10.2. The molecule has 1 heterocycles. The lowest BCUT2D eigenvalue weighted by Crippen LogP contribution is -2.07. The van der Waals surface area contributed by atoms with E-state index in [0.717, 1.165) is 5.56 Å². The summed E-state index contributed by atoms with van der Waals surface area (Å²) < 4.78 is 6.97. The summed E-state index contributed by atoms with van der Waals surface area (Å²) in [5.41, 5.74) is 1.36. The maximum atomic E-state index is 11.4. The number of hydrogen-bond donors (Lipinski definition) is 0. The van der Waals surface area contributed by atoms with Gasteiger partial charge in [-0.3, -0.25) is 0 Å². The summed E-state index contributed by atoms with van der Waals surface area (Å²) in [6.07, 6.45) is 0. The van der Waals surface area contributed by atoms with Gasteiger partial charge in [-0.1, -0.05) is 35.5 Å². The van der Waals surface area contributed by atoms with Gasteiger partial charge in [-0.25, -0.2) is 9.48 Å². The lowest BCUT2D eigenvalue weighted by atomic mass is 10.2. The molecule has 0 unspecified atom stereocenters. The molecule has 0 aliphatic rings. The lowest BCUT2D eigenvalue weighted by molar-refractivity contribution is 0.0592. The molecule has 0 N–H and O–H groups in total. The molecule has 0 fully saturated rings. The van der Waals surface area contributed by atoms with Crippen LogP contribution in [0.25, 0.3) is 0 Å². The van der Waals surface area contributed by atoms with Gasteiger partial charge in [0.05, 0.1) is 13.7 Å². The molecule has 0 saturated carbocycles. The van der Waals surface area contributed by atoms with Gasteiger partial charge in [0.15, 0.2) is 0 Å². The zero-order chi connectivity index (χ0) is 12.3. The third-order valence-corrected chi connectivity index (χ3v) is 3.30. The second-order valence-electron chi connectivity index (χ2n) is 3.36. The van der Waals surface area contributed by atoms with Crippen LogP contribution in [-0.2, 0) is 11.3 Å². The van der Waals surface area contributed by atoms with Gasteiger partial charge in [0.25, 0.3) is 0 Å². The van der Waals surface area contributed by atoms with Gasteiger partial charge in [-0.05, 0) is 28.2 Å². The predicted molar refractivity (Wildman–Crippen MR) is 69.6 cm³/mol. The smallest absolute Gasteiger partial charge is 0.361 e. The van der Waals surface area contributed by atoms with E-state index >= 15 is 0 Å². The SMILES string of the molecule is COC(=O)c1nnn(Cc2ccccc2)c1I. The van der Waals surface area contributed by atoms with Gasteiger partial charge in [-0.15, -0.1) is 5.10 Å². The summed E-state index contributed by atoms with van der Waals surface area (Å²) in [5.74, 6) is -0.464. The van der Waals surface area contributed by atoms with Crippen LogP contribution in [-0.4, -0.2) is 28.1 Å². The fourth-order valence-corrected chi connectivity index (χ4v) is 1.98. The standard InChI is InChI=1S/C11H10IN3O2/c1-17-11(16)9-10(12)15(14-13-9)7-8-5-3-2-4-6-8/h2-6H,7H2,1H3. The Hall–Kier alpha value is -1.44. The molecule has 0 spiro atoms. The first-order chi connectivity index (χ1) is 8.22. The van der Waals surface area contributed by atoms with Crippen molar-refractivity contribution in [2.45, 2.75) is 6.54 Å². The van der Waals surface area contributed by atoms with Gasteiger partial charge >= 0.3 is 5.97 Å². The molecule has 2 rings (SSSR count). The number of benzene rings is 1. The van der Waals surface area contributed by atoms with Crippen LogP contribution in [0.1, 0.15) is 16.1 Å². The van der Waals surface area contributed by atoms with Crippen LogP contribution < -0.4 is 0 Å². The van der Waals surface area contributed by atoms with E-state index in [0.29, 0.717) is 10.2 Å². The zero-order valence-corrected chi connectivity index (χ0v) is 11.3. The Kier molecular flexibility index (Phi) is 3.72. The molecule has 0 bridgehead atoms. The van der Waals surface area contributed by atoms with E-state index < -0.39 is 5.97 Å². The number of carbonyl (C=O) groups excluding carboxylic acids is 1. The first-order valence-electron chi connectivity index (χ1n) is 4.93.